The van der Waals surface area contributed by atoms with Crippen LogP contribution < -0.4 is 26.6 Å². The molecule has 5 N–H and O–H groups in total. The van der Waals surface area contributed by atoms with Crippen LogP contribution in [0, 0.1) is 0 Å². The van der Waals surface area contributed by atoms with Crippen molar-refractivity contribution < 1.29 is 19.1 Å². The van der Waals surface area contributed by atoms with Crippen LogP contribution in [0.15, 0.2) is 30.5 Å². The van der Waals surface area contributed by atoms with E-state index in [1.165, 1.54) is 12.0 Å². The fourth-order valence-corrected chi connectivity index (χ4v) is 6.26. The van der Waals surface area contributed by atoms with Crippen molar-refractivity contribution in [3.63, 3.8) is 0 Å². The Morgan fingerprint density at radius 2 is 1.67 bits per heavy atom. The predicted octanol–water partition coefficient (Wildman–Crippen LogP) is 2.81. The Labute approximate surface area is 271 Å². The molecule has 0 spiro atoms. The van der Waals surface area contributed by atoms with Crippen LogP contribution in [-0.2, 0) is 9.53 Å². The van der Waals surface area contributed by atoms with Crippen molar-refractivity contribution in [1.29, 1.82) is 0 Å². The maximum absolute atomic E-state index is 12.6. The van der Waals surface area contributed by atoms with Crippen molar-refractivity contribution in [2.24, 2.45) is 5.73 Å². The largest absolute Gasteiger partial charge is 0.444 e. The van der Waals surface area contributed by atoms with E-state index in [9.17, 15) is 14.4 Å². The smallest absolute Gasteiger partial charge is 0.407 e. The highest BCUT2D eigenvalue weighted by molar-refractivity contribution is 5.96. The van der Waals surface area contributed by atoms with E-state index in [1.54, 1.807) is 6.20 Å². The number of ether oxygens (including phenoxy) is 1. The number of rotatable bonds is 11. The van der Waals surface area contributed by atoms with Gasteiger partial charge in [-0.05, 0) is 89.6 Å². The van der Waals surface area contributed by atoms with Gasteiger partial charge in [0, 0.05) is 51.0 Å². The third kappa shape index (κ3) is 9.06. The van der Waals surface area contributed by atoms with Crippen LogP contribution in [0.25, 0.3) is 0 Å². The Morgan fingerprint density at radius 1 is 0.978 bits per heavy atom. The highest BCUT2D eigenvalue weighted by Crippen LogP contribution is 2.32. The molecule has 2 aromatic rings. The summed E-state index contributed by atoms with van der Waals surface area (Å²) in [6, 6.07) is 8.76. The lowest BCUT2D eigenvalue weighted by Crippen LogP contribution is -2.63. The van der Waals surface area contributed by atoms with E-state index in [0.29, 0.717) is 30.9 Å². The summed E-state index contributed by atoms with van der Waals surface area (Å²) in [5.74, 6) is 1.10. The fourth-order valence-electron chi connectivity index (χ4n) is 6.26. The number of carbonyl (C=O) groups excluding carboxylic acids is 3. The molecule has 0 radical (unpaired) electrons. The van der Waals surface area contributed by atoms with E-state index < -0.39 is 17.6 Å². The molecular weight excluding hydrogens is 586 g/mol. The van der Waals surface area contributed by atoms with Crippen molar-refractivity contribution in [3.05, 3.63) is 41.7 Å². The number of likely N-dealkylation sites (tertiary alicyclic amines) is 2. The first-order chi connectivity index (χ1) is 22.1. The number of benzene rings is 1. The highest BCUT2D eigenvalue weighted by Gasteiger charge is 2.36. The Kier molecular flexibility index (Phi) is 10.9. The van der Waals surface area contributed by atoms with E-state index in [4.69, 9.17) is 15.5 Å². The van der Waals surface area contributed by atoms with E-state index in [1.807, 2.05) is 37.8 Å². The fraction of sp³-hybridized carbons (Fsp3) is 0.606. The molecule has 250 valence electrons. The average molecular weight is 636 g/mol. The van der Waals surface area contributed by atoms with Gasteiger partial charge >= 0.3 is 6.09 Å². The topological polar surface area (TPSA) is 158 Å². The summed E-state index contributed by atoms with van der Waals surface area (Å²) >= 11 is 0. The number of anilines is 3. The zero-order valence-electron chi connectivity index (χ0n) is 27.4. The number of nitrogens with two attached hydrogens (primary N) is 1. The molecule has 0 saturated carbocycles. The van der Waals surface area contributed by atoms with Gasteiger partial charge in [-0.25, -0.2) is 14.8 Å². The maximum atomic E-state index is 12.6. The monoisotopic (exact) mass is 635 g/mol. The minimum absolute atomic E-state index is 0.0873. The average Bonchev–Trinajstić information content (AvgIpc) is 3.00. The molecule has 3 aliphatic heterocycles. The number of carbonyl (C=O) groups is 3. The Morgan fingerprint density at radius 3 is 2.33 bits per heavy atom. The first-order valence-electron chi connectivity index (χ1n) is 16.5. The number of alkyl carbamates (subject to hydrolysis) is 1. The molecule has 13 heteroatoms. The number of nitrogens with zero attached hydrogens (tertiary/aromatic N) is 5. The molecular formula is C33H49N9O4. The molecule has 5 rings (SSSR count). The van der Waals surface area contributed by atoms with E-state index in [-0.39, 0.29) is 18.1 Å². The third-order valence-electron chi connectivity index (χ3n) is 8.83. The molecule has 3 saturated heterocycles. The van der Waals surface area contributed by atoms with Gasteiger partial charge < -0.3 is 36.2 Å². The van der Waals surface area contributed by atoms with Crippen molar-refractivity contribution in [3.8, 4) is 0 Å². The summed E-state index contributed by atoms with van der Waals surface area (Å²) in [5, 5.41) is 9.07. The van der Waals surface area contributed by atoms with Gasteiger partial charge in [0.25, 0.3) is 5.91 Å². The van der Waals surface area contributed by atoms with Gasteiger partial charge in [-0.3, -0.25) is 14.5 Å². The Bertz CT molecular complexity index is 1340. The van der Waals surface area contributed by atoms with Crippen LogP contribution in [-0.4, -0.2) is 108 Å². The Balaban J connectivity index is 1.03. The van der Waals surface area contributed by atoms with Crippen LogP contribution in [0.3, 0.4) is 0 Å². The summed E-state index contributed by atoms with van der Waals surface area (Å²) in [4.78, 5) is 52.0. The first kappa shape index (κ1) is 33.4. The van der Waals surface area contributed by atoms with Gasteiger partial charge in [0.15, 0.2) is 11.5 Å². The van der Waals surface area contributed by atoms with Gasteiger partial charge in [0.05, 0.1) is 12.7 Å². The second-order valence-corrected chi connectivity index (χ2v) is 13.5. The minimum atomic E-state index is -0.608. The molecule has 0 atom stereocenters. The number of nitrogens with one attached hydrogen (secondary N) is 3. The summed E-state index contributed by atoms with van der Waals surface area (Å²) < 4.78 is 5.21. The predicted molar refractivity (Wildman–Crippen MR) is 177 cm³/mol. The van der Waals surface area contributed by atoms with Gasteiger partial charge in [-0.15, -0.1) is 0 Å². The van der Waals surface area contributed by atoms with Crippen LogP contribution in [0.5, 0.6) is 0 Å². The lowest BCUT2D eigenvalue weighted by Gasteiger charge is -2.47. The van der Waals surface area contributed by atoms with Crippen LogP contribution >= 0.6 is 0 Å². The molecule has 3 fully saturated rings. The van der Waals surface area contributed by atoms with E-state index in [2.05, 4.69) is 42.9 Å². The Hall–Kier alpha value is -3.97. The number of primary amides is 1. The number of amides is 3. The van der Waals surface area contributed by atoms with Crippen molar-refractivity contribution in [1.82, 2.24) is 30.4 Å². The second-order valence-electron chi connectivity index (χ2n) is 13.5. The summed E-state index contributed by atoms with van der Waals surface area (Å²) in [6.07, 6.45) is 6.79. The number of piperidine rings is 2. The molecule has 3 aliphatic rings. The minimum Gasteiger partial charge on any atom is -0.444 e. The molecule has 1 aromatic heterocycles. The quantitative estimate of drug-likeness (QED) is 0.271. The highest BCUT2D eigenvalue weighted by atomic mass is 16.6. The van der Waals surface area contributed by atoms with E-state index in [0.717, 1.165) is 76.5 Å². The zero-order valence-corrected chi connectivity index (χ0v) is 27.4. The van der Waals surface area contributed by atoms with Crippen LogP contribution in [0.2, 0.25) is 0 Å². The number of hydrogen-bond donors (Lipinski definition) is 4. The van der Waals surface area contributed by atoms with Crippen LogP contribution in [0.1, 0.15) is 74.8 Å². The third-order valence-corrected chi connectivity index (χ3v) is 8.83. The first-order valence-corrected chi connectivity index (χ1v) is 16.5. The summed E-state index contributed by atoms with van der Waals surface area (Å²) in [5.41, 5.74) is 7.34. The number of aromatic nitrogens is 2. The summed E-state index contributed by atoms with van der Waals surface area (Å²) in [6.45, 7) is 12.0. The molecule has 4 heterocycles. The maximum Gasteiger partial charge on any atom is 0.407 e. The van der Waals surface area contributed by atoms with Crippen molar-refractivity contribution in [2.75, 3.05) is 69.1 Å². The standard InChI is InChI=1S/C33H49N9O4/c1-33(2,3)46-32(45)36-14-13-35-20-28(43)42-21-26(22-42)40-17-11-24(12-18-40)23-7-9-25(10-8-23)38-31-29(30(34)44)37-19-27(39-31)41-15-5-4-6-16-41/h7-10,19,24,26,35H,4-6,11-18,20-22H2,1-3H3,(H2,34,44)(H,36,45)(H,38,39). The van der Waals surface area contributed by atoms with E-state index >= 15 is 0 Å². The van der Waals surface area contributed by atoms with Crippen molar-refractivity contribution >= 4 is 35.2 Å². The summed E-state index contributed by atoms with van der Waals surface area (Å²) in [7, 11) is 0. The van der Waals surface area contributed by atoms with Gasteiger partial charge in [0.2, 0.25) is 5.91 Å². The van der Waals surface area contributed by atoms with Gasteiger partial charge in [-0.2, -0.15) is 0 Å². The molecule has 3 amide bonds. The lowest BCUT2D eigenvalue weighted by atomic mass is 9.88. The molecule has 1 aromatic carbocycles. The van der Waals surface area contributed by atoms with Gasteiger partial charge in [-0.1, -0.05) is 12.1 Å². The van der Waals surface area contributed by atoms with Crippen molar-refractivity contribution in [2.45, 2.75) is 70.4 Å². The lowest BCUT2D eigenvalue weighted by molar-refractivity contribution is -0.138. The normalized spacial score (nSPS) is 18.2. The molecule has 46 heavy (non-hydrogen) atoms. The number of hydrogen-bond acceptors (Lipinski definition) is 10. The van der Waals surface area contributed by atoms with Gasteiger partial charge in [0.1, 0.15) is 11.4 Å². The second kappa shape index (κ2) is 15.1. The molecule has 0 aliphatic carbocycles. The molecule has 0 bridgehead atoms. The zero-order chi connectivity index (χ0) is 32.7. The van der Waals surface area contributed by atoms with Crippen LogP contribution in [0.4, 0.5) is 22.1 Å². The SMILES string of the molecule is CC(C)(C)OC(=O)NCCNCC(=O)N1CC(N2CCC(c3ccc(Nc4nc(N5CCCCC5)cnc4C(N)=O)cc3)CC2)C1. The molecule has 13 nitrogen and oxygen atoms in total. The molecule has 0 unspecified atom stereocenters.